The molecule has 0 saturated carbocycles. The van der Waals surface area contributed by atoms with Gasteiger partial charge in [-0.2, -0.15) is 0 Å². The molecule has 3 aromatic rings. The van der Waals surface area contributed by atoms with E-state index in [2.05, 4.69) is 21.2 Å². The van der Waals surface area contributed by atoms with Gasteiger partial charge in [0.1, 0.15) is 12.6 Å². The van der Waals surface area contributed by atoms with Crippen LogP contribution in [-0.2, 0) is 26.2 Å². The maximum Gasteiger partial charge on any atom is 0.264 e. The fourth-order valence-electron chi connectivity index (χ4n) is 3.87. The van der Waals surface area contributed by atoms with E-state index < -0.39 is 28.5 Å². The number of rotatable bonds is 11. The van der Waals surface area contributed by atoms with Crippen molar-refractivity contribution in [3.63, 3.8) is 0 Å². The van der Waals surface area contributed by atoms with Crippen LogP contribution in [0.3, 0.4) is 0 Å². The first-order chi connectivity index (χ1) is 18.8. The highest BCUT2D eigenvalue weighted by molar-refractivity contribution is 9.10. The SMILES string of the molecule is CC[C@@H](C)NC(=O)[C@H](C)N(Cc1ccc(Br)cc1)C(=O)CN(c1cccc(Cl)c1Cl)S(=O)(=O)c1ccc(C)cc1. The van der Waals surface area contributed by atoms with Gasteiger partial charge in [0, 0.05) is 17.1 Å². The van der Waals surface area contributed by atoms with Crippen LogP contribution in [0, 0.1) is 6.92 Å². The zero-order valence-electron chi connectivity index (χ0n) is 22.7. The van der Waals surface area contributed by atoms with Crippen molar-refractivity contribution in [1.29, 1.82) is 0 Å². The smallest absolute Gasteiger partial charge is 0.264 e. The number of carbonyl (C=O) groups is 2. The minimum Gasteiger partial charge on any atom is -0.352 e. The number of hydrogen-bond acceptors (Lipinski definition) is 4. The van der Waals surface area contributed by atoms with Crippen molar-refractivity contribution in [2.45, 2.75) is 57.6 Å². The molecule has 3 aromatic carbocycles. The quantitative estimate of drug-likeness (QED) is 0.250. The monoisotopic (exact) mass is 667 g/mol. The van der Waals surface area contributed by atoms with Crippen LogP contribution in [-0.4, -0.2) is 43.8 Å². The topological polar surface area (TPSA) is 86.8 Å². The third-order valence-corrected chi connectivity index (χ3v) is 9.63. The number of benzene rings is 3. The van der Waals surface area contributed by atoms with Crippen molar-refractivity contribution in [2.75, 3.05) is 10.8 Å². The normalized spacial score (nSPS) is 12.9. The fraction of sp³-hybridized carbons (Fsp3) is 0.310. The van der Waals surface area contributed by atoms with E-state index in [9.17, 15) is 18.0 Å². The van der Waals surface area contributed by atoms with Gasteiger partial charge in [0.25, 0.3) is 10.0 Å². The average Bonchev–Trinajstić information content (AvgIpc) is 2.92. The molecule has 2 amide bonds. The number of anilines is 1. The second kappa shape index (κ2) is 13.9. The van der Waals surface area contributed by atoms with Gasteiger partial charge in [-0.15, -0.1) is 0 Å². The standard InChI is InChI=1S/C29H32BrCl2N3O4S/c1-5-20(3)33-29(37)21(4)34(17-22-11-13-23(30)14-12-22)27(36)18-35(26-8-6-7-25(31)28(26)32)40(38,39)24-15-9-19(2)10-16-24/h6-16,20-21H,5,17-18H2,1-4H3,(H,33,37)/t20-,21+/m1/s1. The maximum atomic E-state index is 14.0. The van der Waals surface area contributed by atoms with Crippen LogP contribution in [0.25, 0.3) is 0 Å². The molecule has 0 unspecified atom stereocenters. The third-order valence-electron chi connectivity index (χ3n) is 6.52. The highest BCUT2D eigenvalue weighted by Gasteiger charge is 2.34. The average molecular weight is 669 g/mol. The first-order valence-corrected chi connectivity index (χ1v) is 15.7. The van der Waals surface area contributed by atoms with Gasteiger partial charge >= 0.3 is 0 Å². The van der Waals surface area contributed by atoms with Crippen LogP contribution in [0.1, 0.15) is 38.3 Å². The molecule has 0 radical (unpaired) electrons. The Morgan fingerprint density at radius 2 is 1.60 bits per heavy atom. The number of aryl methyl sites for hydroxylation is 1. The molecule has 0 aromatic heterocycles. The van der Waals surface area contributed by atoms with Crippen molar-refractivity contribution >= 4 is 66.7 Å². The van der Waals surface area contributed by atoms with E-state index in [1.807, 2.05) is 45.0 Å². The zero-order chi connectivity index (χ0) is 29.6. The molecule has 0 aliphatic heterocycles. The molecule has 0 fully saturated rings. The molecule has 0 bridgehead atoms. The summed E-state index contributed by atoms with van der Waals surface area (Å²) in [6, 6.07) is 17.2. The van der Waals surface area contributed by atoms with Crippen molar-refractivity contribution in [2.24, 2.45) is 0 Å². The lowest BCUT2D eigenvalue weighted by Crippen LogP contribution is -2.52. The van der Waals surface area contributed by atoms with E-state index in [1.165, 1.54) is 29.2 Å². The molecule has 0 spiro atoms. The van der Waals surface area contributed by atoms with Crippen LogP contribution >= 0.6 is 39.1 Å². The van der Waals surface area contributed by atoms with Crippen molar-refractivity contribution < 1.29 is 18.0 Å². The van der Waals surface area contributed by atoms with Gasteiger partial charge in [0.05, 0.1) is 20.6 Å². The Kier molecular flexibility index (Phi) is 11.1. The number of amides is 2. The molecule has 7 nitrogen and oxygen atoms in total. The fourth-order valence-corrected chi connectivity index (χ4v) is 6.01. The lowest BCUT2D eigenvalue weighted by molar-refractivity contribution is -0.139. The molecule has 1 N–H and O–H groups in total. The summed E-state index contributed by atoms with van der Waals surface area (Å²) in [6.45, 7) is 6.78. The van der Waals surface area contributed by atoms with Gasteiger partial charge < -0.3 is 10.2 Å². The maximum absolute atomic E-state index is 14.0. The summed E-state index contributed by atoms with van der Waals surface area (Å²) >= 11 is 16.1. The lowest BCUT2D eigenvalue weighted by Gasteiger charge is -2.32. The van der Waals surface area contributed by atoms with Crippen LogP contribution in [0.2, 0.25) is 10.0 Å². The molecule has 0 aliphatic carbocycles. The van der Waals surface area contributed by atoms with Crippen LogP contribution < -0.4 is 9.62 Å². The molecule has 214 valence electrons. The molecule has 3 rings (SSSR count). The molecular weight excluding hydrogens is 637 g/mol. The highest BCUT2D eigenvalue weighted by Crippen LogP contribution is 2.35. The second-order valence-corrected chi connectivity index (χ2v) is 13.1. The Morgan fingerprint density at radius 1 is 0.975 bits per heavy atom. The van der Waals surface area contributed by atoms with Gasteiger partial charge in [-0.1, -0.05) is 82.0 Å². The first-order valence-electron chi connectivity index (χ1n) is 12.7. The van der Waals surface area contributed by atoms with Crippen molar-refractivity contribution in [1.82, 2.24) is 10.2 Å². The zero-order valence-corrected chi connectivity index (χ0v) is 26.6. The Bertz CT molecular complexity index is 1450. The summed E-state index contributed by atoms with van der Waals surface area (Å²) in [7, 11) is -4.25. The van der Waals surface area contributed by atoms with E-state index in [0.29, 0.717) is 0 Å². The van der Waals surface area contributed by atoms with Crippen LogP contribution in [0.4, 0.5) is 5.69 Å². The summed E-state index contributed by atoms with van der Waals surface area (Å²) in [5.74, 6) is -0.921. The van der Waals surface area contributed by atoms with E-state index in [4.69, 9.17) is 23.2 Å². The Labute approximate surface area is 254 Å². The Balaban J connectivity index is 2.06. The van der Waals surface area contributed by atoms with Gasteiger partial charge in [0.2, 0.25) is 11.8 Å². The number of halogens is 3. The molecule has 40 heavy (non-hydrogen) atoms. The van der Waals surface area contributed by atoms with E-state index in [1.54, 1.807) is 25.1 Å². The number of sulfonamides is 1. The van der Waals surface area contributed by atoms with Crippen LogP contribution in [0.15, 0.2) is 76.1 Å². The second-order valence-electron chi connectivity index (χ2n) is 9.54. The predicted octanol–water partition coefficient (Wildman–Crippen LogP) is 6.59. The Morgan fingerprint density at radius 3 is 2.20 bits per heavy atom. The van der Waals surface area contributed by atoms with Gasteiger partial charge in [-0.25, -0.2) is 8.42 Å². The first kappa shape index (κ1) is 31.9. The number of nitrogens with zero attached hydrogens (tertiary/aromatic N) is 2. The highest BCUT2D eigenvalue weighted by atomic mass is 79.9. The number of nitrogens with one attached hydrogen (secondary N) is 1. The summed E-state index contributed by atoms with van der Waals surface area (Å²) in [5.41, 5.74) is 1.71. The molecule has 0 saturated heterocycles. The summed E-state index contributed by atoms with van der Waals surface area (Å²) in [5, 5.41) is 3.05. The summed E-state index contributed by atoms with van der Waals surface area (Å²) in [6.07, 6.45) is 0.717. The van der Waals surface area contributed by atoms with Crippen LogP contribution in [0.5, 0.6) is 0 Å². The molecular formula is C29H32BrCl2N3O4S. The predicted molar refractivity (Wildman–Crippen MR) is 164 cm³/mol. The van der Waals surface area contributed by atoms with E-state index >= 15 is 0 Å². The minimum atomic E-state index is -4.25. The van der Waals surface area contributed by atoms with E-state index in [0.717, 1.165) is 26.3 Å². The number of carbonyl (C=O) groups excluding carboxylic acids is 2. The van der Waals surface area contributed by atoms with Crippen molar-refractivity contribution in [3.05, 3.63) is 92.4 Å². The van der Waals surface area contributed by atoms with Gasteiger partial charge in [-0.05, 0) is 69.2 Å². The molecule has 0 aliphatic rings. The molecule has 11 heteroatoms. The minimum absolute atomic E-state index is 0.00493. The lowest BCUT2D eigenvalue weighted by atomic mass is 10.1. The summed E-state index contributed by atoms with van der Waals surface area (Å²) < 4.78 is 29.6. The van der Waals surface area contributed by atoms with Gasteiger partial charge in [0.15, 0.2) is 0 Å². The summed E-state index contributed by atoms with van der Waals surface area (Å²) in [4.78, 5) is 28.5. The van der Waals surface area contributed by atoms with E-state index in [-0.39, 0.29) is 39.1 Å². The Hall–Kier alpha value is -2.59. The van der Waals surface area contributed by atoms with Gasteiger partial charge in [-0.3, -0.25) is 13.9 Å². The largest absolute Gasteiger partial charge is 0.352 e. The molecule has 0 heterocycles. The molecule has 2 atom stereocenters. The van der Waals surface area contributed by atoms with Crippen molar-refractivity contribution in [3.8, 4) is 0 Å². The number of hydrogen-bond donors (Lipinski definition) is 1. The third kappa shape index (κ3) is 7.78.